The third-order valence-electron chi connectivity index (χ3n) is 4.34. The summed E-state index contributed by atoms with van der Waals surface area (Å²) in [6.07, 6.45) is 0. The summed E-state index contributed by atoms with van der Waals surface area (Å²) in [5.41, 5.74) is -0.727. The van der Waals surface area contributed by atoms with Crippen LogP contribution in [0.3, 0.4) is 0 Å². The maximum absolute atomic E-state index is 14.1. The highest BCUT2D eigenvalue weighted by Gasteiger charge is 2.30. The van der Waals surface area contributed by atoms with Crippen LogP contribution in [-0.4, -0.2) is 19.6 Å². The Morgan fingerprint density at radius 3 is 2.62 bits per heavy atom. The minimum atomic E-state index is -1.07. The zero-order chi connectivity index (χ0) is 18.7. The van der Waals surface area contributed by atoms with Gasteiger partial charge in [0.05, 0.1) is 11.9 Å². The van der Waals surface area contributed by atoms with E-state index < -0.39 is 17.3 Å². The summed E-state index contributed by atoms with van der Waals surface area (Å²) in [5, 5.41) is 3.04. The maximum Gasteiger partial charge on any atom is 0.287 e. The van der Waals surface area contributed by atoms with E-state index in [0.29, 0.717) is 16.5 Å². The van der Waals surface area contributed by atoms with Gasteiger partial charge in [0.2, 0.25) is 0 Å². The van der Waals surface area contributed by atoms with Gasteiger partial charge in [0.15, 0.2) is 11.2 Å². The van der Waals surface area contributed by atoms with E-state index in [1.165, 1.54) is 13.2 Å². The van der Waals surface area contributed by atoms with Gasteiger partial charge in [0.25, 0.3) is 5.91 Å². The number of methoxy groups -OCH3 is 1. The molecular weight excluding hydrogens is 337 g/mol. The number of fused-ring (bicyclic) bond motifs is 1. The van der Waals surface area contributed by atoms with E-state index in [0.717, 1.165) is 6.07 Å². The molecule has 0 saturated heterocycles. The van der Waals surface area contributed by atoms with Crippen molar-refractivity contribution in [3.05, 3.63) is 82.0 Å². The molecule has 0 radical (unpaired) electrons. The molecule has 1 heterocycles. The first-order valence-electron chi connectivity index (χ1n) is 8.06. The van der Waals surface area contributed by atoms with E-state index in [4.69, 9.17) is 9.15 Å². The lowest BCUT2D eigenvalue weighted by Crippen LogP contribution is -2.40. The van der Waals surface area contributed by atoms with E-state index in [2.05, 4.69) is 5.32 Å². The molecule has 1 N–H and O–H groups in total. The standard InChI is InChI=1S/C20H18FNO4/c1-20(25-2,14-8-4-5-9-15(14)21)12-22-19(24)18-11-16(23)13-7-3-6-10-17(13)26-18/h3-11H,12H2,1-2H3,(H,22,24). The summed E-state index contributed by atoms with van der Waals surface area (Å²) in [6, 6.07) is 14.0. The predicted molar refractivity (Wildman–Crippen MR) is 95.6 cm³/mol. The van der Waals surface area contributed by atoms with Crippen molar-refractivity contribution in [2.24, 2.45) is 0 Å². The Labute approximate surface area is 149 Å². The zero-order valence-electron chi connectivity index (χ0n) is 14.4. The number of nitrogens with one attached hydrogen (secondary N) is 1. The molecular formula is C20H18FNO4. The SMILES string of the molecule is COC(C)(CNC(=O)c1cc(=O)c2ccccc2o1)c1ccccc1F. The lowest BCUT2D eigenvalue weighted by molar-refractivity contribution is 0.000189. The fourth-order valence-electron chi connectivity index (χ4n) is 2.72. The second-order valence-corrected chi connectivity index (χ2v) is 6.07. The summed E-state index contributed by atoms with van der Waals surface area (Å²) in [6.45, 7) is 1.67. The molecule has 0 aliphatic heterocycles. The molecule has 1 aromatic heterocycles. The monoisotopic (exact) mass is 355 g/mol. The number of rotatable bonds is 5. The van der Waals surface area contributed by atoms with Gasteiger partial charge in [-0.2, -0.15) is 0 Å². The van der Waals surface area contributed by atoms with Crippen LogP contribution in [-0.2, 0) is 10.3 Å². The molecule has 3 rings (SSSR count). The molecule has 6 heteroatoms. The molecule has 1 amide bonds. The van der Waals surface area contributed by atoms with E-state index in [9.17, 15) is 14.0 Å². The Morgan fingerprint density at radius 1 is 1.19 bits per heavy atom. The van der Waals surface area contributed by atoms with Crippen molar-refractivity contribution in [3.8, 4) is 0 Å². The van der Waals surface area contributed by atoms with Crippen LogP contribution in [0.25, 0.3) is 11.0 Å². The number of carbonyl (C=O) groups is 1. The Morgan fingerprint density at radius 2 is 1.88 bits per heavy atom. The number of amides is 1. The van der Waals surface area contributed by atoms with Crippen LogP contribution >= 0.6 is 0 Å². The number of hydrogen-bond acceptors (Lipinski definition) is 4. The van der Waals surface area contributed by atoms with Crippen LogP contribution in [0.5, 0.6) is 0 Å². The van der Waals surface area contributed by atoms with Crippen molar-refractivity contribution < 1.29 is 18.3 Å². The summed E-state index contributed by atoms with van der Waals surface area (Å²) >= 11 is 0. The molecule has 0 bridgehead atoms. The highest BCUT2D eigenvalue weighted by molar-refractivity contribution is 5.93. The third kappa shape index (κ3) is 3.36. The van der Waals surface area contributed by atoms with Gasteiger partial charge in [-0.1, -0.05) is 30.3 Å². The van der Waals surface area contributed by atoms with E-state index in [1.54, 1.807) is 49.4 Å². The van der Waals surface area contributed by atoms with Crippen LogP contribution in [0.2, 0.25) is 0 Å². The summed E-state index contributed by atoms with van der Waals surface area (Å²) < 4.78 is 25.0. The molecule has 134 valence electrons. The number of benzene rings is 2. The molecule has 3 aromatic rings. The van der Waals surface area contributed by atoms with Gasteiger partial charge in [-0.05, 0) is 25.1 Å². The van der Waals surface area contributed by atoms with Crippen LogP contribution in [0.1, 0.15) is 23.0 Å². The Balaban J connectivity index is 1.84. The molecule has 0 fully saturated rings. The molecule has 1 unspecified atom stereocenters. The number of ether oxygens (including phenoxy) is 1. The predicted octanol–water partition coefficient (Wildman–Crippen LogP) is 3.22. The van der Waals surface area contributed by atoms with Crippen LogP contribution in [0.15, 0.2) is 63.8 Å². The van der Waals surface area contributed by atoms with Crippen molar-refractivity contribution in [1.29, 1.82) is 0 Å². The van der Waals surface area contributed by atoms with Crippen molar-refractivity contribution in [1.82, 2.24) is 5.32 Å². The van der Waals surface area contributed by atoms with Crippen molar-refractivity contribution in [3.63, 3.8) is 0 Å². The van der Waals surface area contributed by atoms with E-state index >= 15 is 0 Å². The van der Waals surface area contributed by atoms with Crippen LogP contribution in [0, 0.1) is 5.82 Å². The Kier molecular flexibility index (Phi) is 4.86. The Hall–Kier alpha value is -2.99. The molecule has 26 heavy (non-hydrogen) atoms. The molecule has 1 atom stereocenters. The summed E-state index contributed by atoms with van der Waals surface area (Å²) in [7, 11) is 1.44. The lowest BCUT2D eigenvalue weighted by atomic mass is 9.95. The third-order valence-corrected chi connectivity index (χ3v) is 4.34. The average Bonchev–Trinajstić information content (AvgIpc) is 2.66. The second kappa shape index (κ2) is 7.09. The minimum absolute atomic E-state index is 0.000194. The van der Waals surface area contributed by atoms with Gasteiger partial charge in [-0.15, -0.1) is 0 Å². The first-order chi connectivity index (χ1) is 12.4. The van der Waals surface area contributed by atoms with Crippen molar-refractivity contribution >= 4 is 16.9 Å². The fraction of sp³-hybridized carbons (Fsp3) is 0.200. The highest BCUT2D eigenvalue weighted by Crippen LogP contribution is 2.26. The molecule has 0 spiro atoms. The maximum atomic E-state index is 14.1. The van der Waals surface area contributed by atoms with Gasteiger partial charge < -0.3 is 14.5 Å². The van der Waals surface area contributed by atoms with Crippen LogP contribution in [0.4, 0.5) is 4.39 Å². The van der Waals surface area contributed by atoms with Crippen molar-refractivity contribution in [2.75, 3.05) is 13.7 Å². The number of carbonyl (C=O) groups excluding carboxylic acids is 1. The fourth-order valence-corrected chi connectivity index (χ4v) is 2.72. The lowest BCUT2D eigenvalue weighted by Gasteiger charge is -2.29. The first kappa shape index (κ1) is 17.8. The quantitative estimate of drug-likeness (QED) is 0.763. The normalized spacial score (nSPS) is 13.3. The Bertz CT molecular complexity index is 1010. The second-order valence-electron chi connectivity index (χ2n) is 6.07. The molecule has 5 nitrogen and oxygen atoms in total. The largest absolute Gasteiger partial charge is 0.451 e. The molecule has 2 aromatic carbocycles. The van der Waals surface area contributed by atoms with Gasteiger partial charge in [0.1, 0.15) is 17.0 Å². The van der Waals surface area contributed by atoms with E-state index in [-0.39, 0.29) is 17.7 Å². The summed E-state index contributed by atoms with van der Waals surface area (Å²) in [5.74, 6) is -1.11. The molecule has 0 aliphatic carbocycles. The number of hydrogen-bond donors (Lipinski definition) is 1. The highest BCUT2D eigenvalue weighted by atomic mass is 19.1. The average molecular weight is 355 g/mol. The van der Waals surface area contributed by atoms with Gasteiger partial charge in [-0.3, -0.25) is 9.59 Å². The summed E-state index contributed by atoms with van der Waals surface area (Å²) in [4.78, 5) is 24.5. The first-order valence-corrected chi connectivity index (χ1v) is 8.06. The van der Waals surface area contributed by atoms with Gasteiger partial charge in [-0.25, -0.2) is 4.39 Å². The minimum Gasteiger partial charge on any atom is -0.451 e. The zero-order valence-corrected chi connectivity index (χ0v) is 14.4. The van der Waals surface area contributed by atoms with Gasteiger partial charge in [0, 0.05) is 18.7 Å². The van der Waals surface area contributed by atoms with Crippen molar-refractivity contribution in [2.45, 2.75) is 12.5 Å². The van der Waals surface area contributed by atoms with E-state index in [1.807, 2.05) is 0 Å². The van der Waals surface area contributed by atoms with Crippen LogP contribution < -0.4 is 10.7 Å². The topological polar surface area (TPSA) is 68.5 Å². The molecule has 0 saturated carbocycles. The smallest absolute Gasteiger partial charge is 0.287 e. The number of para-hydroxylation sites is 1. The molecule has 0 aliphatic rings. The number of halogens is 1. The van der Waals surface area contributed by atoms with Gasteiger partial charge >= 0.3 is 0 Å².